The van der Waals surface area contributed by atoms with E-state index in [1.54, 1.807) is 0 Å². The van der Waals surface area contributed by atoms with Crippen molar-refractivity contribution < 1.29 is 0 Å². The van der Waals surface area contributed by atoms with Gasteiger partial charge in [-0.25, -0.2) is 0 Å². The second-order valence-electron chi connectivity index (χ2n) is 3.57. The third-order valence-electron chi connectivity index (χ3n) is 2.34. The fraction of sp³-hybridized carbons (Fsp3) is 0.200. The van der Waals surface area contributed by atoms with Crippen LogP contribution in [-0.2, 0) is 16.6 Å². The normalized spacial score (nSPS) is 10.1. The molecule has 1 aromatic rings. The SMILES string of the molecule is C=CC[S+](CC=C)Cc1ccccc1C=C. The van der Waals surface area contributed by atoms with Gasteiger partial charge in [0.05, 0.1) is 0 Å². The minimum atomic E-state index is 0.329. The summed E-state index contributed by atoms with van der Waals surface area (Å²) in [5, 5.41) is 0. The lowest BCUT2D eigenvalue weighted by Crippen LogP contribution is -2.12. The smallest absolute Gasteiger partial charge is 0.0985 e. The van der Waals surface area contributed by atoms with Crippen LogP contribution in [0.2, 0.25) is 0 Å². The monoisotopic (exact) mass is 231 g/mol. The molecule has 0 fully saturated rings. The summed E-state index contributed by atoms with van der Waals surface area (Å²) in [6.45, 7) is 11.5. The zero-order valence-corrected chi connectivity index (χ0v) is 10.5. The Bertz CT molecular complexity index is 355. The molecule has 0 bridgehead atoms. The van der Waals surface area contributed by atoms with E-state index in [4.69, 9.17) is 0 Å². The number of benzene rings is 1. The van der Waals surface area contributed by atoms with Gasteiger partial charge in [-0.3, -0.25) is 0 Å². The number of hydrogen-bond donors (Lipinski definition) is 0. The van der Waals surface area contributed by atoms with Crippen molar-refractivity contribution in [2.45, 2.75) is 5.75 Å². The van der Waals surface area contributed by atoms with E-state index < -0.39 is 0 Å². The lowest BCUT2D eigenvalue weighted by atomic mass is 10.1. The average molecular weight is 231 g/mol. The fourth-order valence-corrected chi connectivity index (χ4v) is 3.35. The largest absolute Gasteiger partial charge is 0.134 e. The highest BCUT2D eigenvalue weighted by molar-refractivity contribution is 7.96. The zero-order chi connectivity index (χ0) is 11.8. The number of rotatable bonds is 7. The minimum absolute atomic E-state index is 0.329. The lowest BCUT2D eigenvalue weighted by molar-refractivity contribution is 1.36. The van der Waals surface area contributed by atoms with Crippen LogP contribution in [0.4, 0.5) is 0 Å². The molecule has 1 aromatic carbocycles. The van der Waals surface area contributed by atoms with E-state index in [1.807, 2.05) is 18.2 Å². The summed E-state index contributed by atoms with van der Waals surface area (Å²) in [6.07, 6.45) is 5.94. The maximum atomic E-state index is 3.85. The molecule has 0 aliphatic carbocycles. The lowest BCUT2D eigenvalue weighted by Gasteiger charge is -2.07. The first-order valence-corrected chi connectivity index (χ1v) is 7.11. The molecule has 16 heavy (non-hydrogen) atoms. The van der Waals surface area contributed by atoms with Gasteiger partial charge in [-0.1, -0.05) is 50.1 Å². The van der Waals surface area contributed by atoms with Gasteiger partial charge in [0.15, 0.2) is 0 Å². The van der Waals surface area contributed by atoms with Crippen LogP contribution in [0.1, 0.15) is 11.1 Å². The van der Waals surface area contributed by atoms with Crippen molar-refractivity contribution in [1.82, 2.24) is 0 Å². The molecule has 0 saturated carbocycles. The molecule has 0 aromatic heterocycles. The average Bonchev–Trinajstić information content (AvgIpc) is 2.30. The van der Waals surface area contributed by atoms with Gasteiger partial charge in [0.1, 0.15) is 17.3 Å². The van der Waals surface area contributed by atoms with Crippen LogP contribution >= 0.6 is 0 Å². The molecule has 0 atom stereocenters. The summed E-state index contributed by atoms with van der Waals surface area (Å²) in [5.74, 6) is 3.23. The Labute approximate surface area is 102 Å². The van der Waals surface area contributed by atoms with Crippen LogP contribution in [0, 0.1) is 0 Å². The third-order valence-corrected chi connectivity index (χ3v) is 4.48. The van der Waals surface area contributed by atoms with Crippen molar-refractivity contribution >= 4 is 17.0 Å². The summed E-state index contributed by atoms with van der Waals surface area (Å²) in [6, 6.07) is 8.44. The molecule has 0 amide bonds. The van der Waals surface area contributed by atoms with Gasteiger partial charge in [0, 0.05) is 5.56 Å². The zero-order valence-electron chi connectivity index (χ0n) is 9.69. The summed E-state index contributed by atoms with van der Waals surface area (Å²) >= 11 is 0. The van der Waals surface area contributed by atoms with E-state index in [0.29, 0.717) is 10.9 Å². The van der Waals surface area contributed by atoms with E-state index in [1.165, 1.54) is 11.1 Å². The van der Waals surface area contributed by atoms with Gasteiger partial charge in [0.2, 0.25) is 0 Å². The maximum absolute atomic E-state index is 3.85. The van der Waals surface area contributed by atoms with E-state index >= 15 is 0 Å². The molecule has 0 saturated heterocycles. The van der Waals surface area contributed by atoms with Crippen molar-refractivity contribution in [3.8, 4) is 0 Å². The molecule has 0 aliphatic heterocycles. The van der Waals surface area contributed by atoms with E-state index in [2.05, 4.69) is 44.0 Å². The molecule has 0 spiro atoms. The van der Waals surface area contributed by atoms with Crippen molar-refractivity contribution in [1.29, 1.82) is 0 Å². The van der Waals surface area contributed by atoms with E-state index in [9.17, 15) is 0 Å². The van der Waals surface area contributed by atoms with Gasteiger partial charge in [-0.05, 0) is 28.6 Å². The number of hydrogen-bond acceptors (Lipinski definition) is 0. The highest BCUT2D eigenvalue weighted by Crippen LogP contribution is 2.15. The first kappa shape index (κ1) is 12.9. The predicted molar refractivity (Wildman–Crippen MR) is 77.7 cm³/mol. The van der Waals surface area contributed by atoms with Crippen molar-refractivity contribution in [2.24, 2.45) is 0 Å². The first-order chi connectivity index (χ1) is 7.81. The van der Waals surface area contributed by atoms with Crippen LogP contribution in [0.15, 0.2) is 56.2 Å². The molecule has 0 N–H and O–H groups in total. The fourth-order valence-electron chi connectivity index (χ4n) is 1.60. The molecular weight excluding hydrogens is 212 g/mol. The maximum Gasteiger partial charge on any atom is 0.134 e. The van der Waals surface area contributed by atoms with Gasteiger partial charge in [0.25, 0.3) is 0 Å². The Hall–Kier alpha value is -1.21. The Morgan fingerprint density at radius 3 is 2.19 bits per heavy atom. The Morgan fingerprint density at radius 1 is 1.00 bits per heavy atom. The van der Waals surface area contributed by atoms with Gasteiger partial charge in [-0.2, -0.15) is 0 Å². The summed E-state index contributed by atoms with van der Waals surface area (Å²) < 4.78 is 0. The third kappa shape index (κ3) is 3.74. The second-order valence-corrected chi connectivity index (χ2v) is 5.75. The van der Waals surface area contributed by atoms with Gasteiger partial charge < -0.3 is 0 Å². The summed E-state index contributed by atoms with van der Waals surface area (Å²) in [7, 11) is 0.329. The van der Waals surface area contributed by atoms with E-state index in [0.717, 1.165) is 17.3 Å². The standard InChI is InChI=1S/C15H19S/c1-4-11-16(12-5-2)13-15-10-8-7-9-14(15)6-3/h4-10H,1-3,11-13H2/q+1. The molecule has 0 unspecified atom stereocenters. The first-order valence-electron chi connectivity index (χ1n) is 5.38. The highest BCUT2D eigenvalue weighted by atomic mass is 32.2. The van der Waals surface area contributed by atoms with Crippen molar-refractivity contribution in [3.05, 3.63) is 67.3 Å². The Kier molecular flexibility index (Phi) is 5.73. The molecule has 0 aliphatic rings. The van der Waals surface area contributed by atoms with Crippen LogP contribution in [-0.4, -0.2) is 11.5 Å². The van der Waals surface area contributed by atoms with Crippen LogP contribution in [0.25, 0.3) is 6.08 Å². The topological polar surface area (TPSA) is 0 Å². The predicted octanol–water partition coefficient (Wildman–Crippen LogP) is 3.82. The van der Waals surface area contributed by atoms with Crippen LogP contribution in [0.5, 0.6) is 0 Å². The van der Waals surface area contributed by atoms with Gasteiger partial charge in [-0.15, -0.1) is 0 Å². The van der Waals surface area contributed by atoms with Crippen molar-refractivity contribution in [3.63, 3.8) is 0 Å². The summed E-state index contributed by atoms with van der Waals surface area (Å²) in [4.78, 5) is 0. The highest BCUT2D eigenvalue weighted by Gasteiger charge is 2.16. The molecule has 1 rings (SSSR count). The quantitative estimate of drug-likeness (QED) is 0.494. The minimum Gasteiger partial charge on any atom is -0.0985 e. The Balaban J connectivity index is 2.78. The Morgan fingerprint density at radius 2 is 1.62 bits per heavy atom. The molecule has 1 heteroatoms. The van der Waals surface area contributed by atoms with Gasteiger partial charge >= 0.3 is 0 Å². The second kappa shape index (κ2) is 7.13. The van der Waals surface area contributed by atoms with Crippen LogP contribution in [0.3, 0.4) is 0 Å². The molecule has 0 heterocycles. The molecular formula is C15H19S+. The molecule has 0 radical (unpaired) electrons. The van der Waals surface area contributed by atoms with Crippen molar-refractivity contribution in [2.75, 3.05) is 11.5 Å². The molecule has 84 valence electrons. The summed E-state index contributed by atoms with van der Waals surface area (Å²) in [5.41, 5.74) is 2.62. The van der Waals surface area contributed by atoms with Crippen LogP contribution < -0.4 is 0 Å². The van der Waals surface area contributed by atoms with E-state index in [-0.39, 0.29) is 0 Å². The molecule has 0 nitrogen and oxygen atoms in total.